The van der Waals surface area contributed by atoms with Gasteiger partial charge in [-0.25, -0.2) is 0 Å². The van der Waals surface area contributed by atoms with Crippen LogP contribution in [0.15, 0.2) is 12.7 Å². The van der Waals surface area contributed by atoms with Crippen molar-refractivity contribution in [3.05, 3.63) is 12.7 Å². The van der Waals surface area contributed by atoms with Gasteiger partial charge in [0.15, 0.2) is 0 Å². The predicted molar refractivity (Wildman–Crippen MR) is 55.5 cm³/mol. The molecule has 1 atom stereocenters. The van der Waals surface area contributed by atoms with Crippen LogP contribution in [0.25, 0.3) is 0 Å². The second-order valence-electron chi connectivity index (χ2n) is 3.30. The van der Waals surface area contributed by atoms with Gasteiger partial charge in [-0.15, -0.1) is 6.58 Å². The maximum atomic E-state index is 11.3. The van der Waals surface area contributed by atoms with Crippen LogP contribution < -0.4 is 10.6 Å². The van der Waals surface area contributed by atoms with E-state index in [2.05, 4.69) is 17.2 Å². The smallest absolute Gasteiger partial charge is 0.222 e. The molecule has 0 aliphatic carbocycles. The summed E-state index contributed by atoms with van der Waals surface area (Å²) < 4.78 is 0. The molecule has 4 heteroatoms. The van der Waals surface area contributed by atoms with Gasteiger partial charge in [-0.2, -0.15) is 5.26 Å². The molecule has 0 rings (SSSR count). The summed E-state index contributed by atoms with van der Waals surface area (Å²) in [4.78, 5) is 11.3. The number of rotatable bonds is 6. The first kappa shape index (κ1) is 12.7. The molecule has 0 aromatic rings. The fourth-order valence-electron chi connectivity index (χ4n) is 0.955. The third-order valence-electron chi connectivity index (χ3n) is 1.50. The number of carbonyl (C=O) groups excluding carboxylic acids is 1. The molecule has 0 spiro atoms. The van der Waals surface area contributed by atoms with E-state index in [0.29, 0.717) is 6.54 Å². The second kappa shape index (κ2) is 7.10. The fourth-order valence-corrected chi connectivity index (χ4v) is 0.955. The van der Waals surface area contributed by atoms with E-state index in [4.69, 9.17) is 5.26 Å². The molecule has 1 amide bonds. The lowest BCUT2D eigenvalue weighted by atomic mass is 10.2. The third kappa shape index (κ3) is 6.21. The molecule has 0 fully saturated rings. The minimum atomic E-state index is -0.438. The molecule has 4 nitrogen and oxygen atoms in total. The zero-order valence-corrected chi connectivity index (χ0v) is 8.71. The van der Waals surface area contributed by atoms with Crippen molar-refractivity contribution >= 4 is 5.91 Å². The van der Waals surface area contributed by atoms with E-state index in [9.17, 15) is 4.79 Å². The van der Waals surface area contributed by atoms with Gasteiger partial charge in [0.25, 0.3) is 0 Å². The van der Waals surface area contributed by atoms with Crippen LogP contribution in [0.3, 0.4) is 0 Å². The zero-order chi connectivity index (χ0) is 11.0. The summed E-state index contributed by atoms with van der Waals surface area (Å²) in [5.41, 5.74) is 0. The Hall–Kier alpha value is -1.34. The highest BCUT2D eigenvalue weighted by molar-refractivity contribution is 5.77. The average molecular weight is 195 g/mol. The maximum Gasteiger partial charge on any atom is 0.222 e. The van der Waals surface area contributed by atoms with Crippen LogP contribution in [0.2, 0.25) is 0 Å². The van der Waals surface area contributed by atoms with Gasteiger partial charge in [0.1, 0.15) is 6.04 Å². The number of nitrogens with one attached hydrogen (secondary N) is 2. The predicted octanol–water partition coefficient (Wildman–Crippen LogP) is 0.569. The van der Waals surface area contributed by atoms with Gasteiger partial charge in [0.2, 0.25) is 5.91 Å². The Morgan fingerprint density at radius 3 is 2.71 bits per heavy atom. The highest BCUT2D eigenvalue weighted by atomic mass is 16.1. The first-order chi connectivity index (χ1) is 6.60. The first-order valence-electron chi connectivity index (χ1n) is 4.63. The lowest BCUT2D eigenvalue weighted by Crippen LogP contribution is -2.37. The van der Waals surface area contributed by atoms with Crippen LogP contribution >= 0.6 is 0 Å². The Balaban J connectivity index is 3.87. The molecule has 0 radical (unpaired) electrons. The van der Waals surface area contributed by atoms with Crippen molar-refractivity contribution in [2.24, 2.45) is 0 Å². The van der Waals surface area contributed by atoms with Crippen LogP contribution in [0.5, 0.6) is 0 Å². The van der Waals surface area contributed by atoms with Crippen LogP contribution in [0.4, 0.5) is 0 Å². The summed E-state index contributed by atoms with van der Waals surface area (Å²) in [5, 5.41) is 14.3. The Morgan fingerprint density at radius 1 is 1.64 bits per heavy atom. The van der Waals surface area contributed by atoms with Crippen molar-refractivity contribution in [3.63, 3.8) is 0 Å². The summed E-state index contributed by atoms with van der Waals surface area (Å²) in [6.45, 7) is 7.83. The molecule has 2 N–H and O–H groups in total. The molecule has 0 saturated heterocycles. The van der Waals surface area contributed by atoms with Crippen LogP contribution in [0, 0.1) is 11.3 Å². The van der Waals surface area contributed by atoms with Gasteiger partial charge in [-0.05, 0) is 13.8 Å². The fraction of sp³-hybridized carbons (Fsp3) is 0.600. The SMILES string of the molecule is C=CCNC(C#N)CC(=O)NC(C)C. The number of nitrogens with zero attached hydrogens (tertiary/aromatic N) is 1. The van der Waals surface area contributed by atoms with Crippen molar-refractivity contribution in [3.8, 4) is 6.07 Å². The zero-order valence-electron chi connectivity index (χ0n) is 8.71. The van der Waals surface area contributed by atoms with Crippen LogP contribution in [-0.2, 0) is 4.79 Å². The van der Waals surface area contributed by atoms with Crippen molar-refractivity contribution in [1.29, 1.82) is 5.26 Å². The number of nitriles is 1. The lowest BCUT2D eigenvalue weighted by Gasteiger charge is -2.11. The molecule has 0 aromatic carbocycles. The summed E-state index contributed by atoms with van der Waals surface area (Å²) in [6, 6.07) is 1.70. The topological polar surface area (TPSA) is 64.9 Å². The third-order valence-corrected chi connectivity index (χ3v) is 1.50. The number of amides is 1. The van der Waals surface area contributed by atoms with Crippen molar-refractivity contribution < 1.29 is 4.79 Å². The minimum absolute atomic E-state index is 0.108. The van der Waals surface area contributed by atoms with Crippen LogP contribution in [-0.4, -0.2) is 24.5 Å². The molecular weight excluding hydrogens is 178 g/mol. The van der Waals surface area contributed by atoms with E-state index in [1.165, 1.54) is 0 Å². The molecule has 14 heavy (non-hydrogen) atoms. The van der Waals surface area contributed by atoms with E-state index < -0.39 is 6.04 Å². The normalized spacial score (nSPS) is 11.9. The van der Waals surface area contributed by atoms with Gasteiger partial charge >= 0.3 is 0 Å². The molecular formula is C10H17N3O. The van der Waals surface area contributed by atoms with E-state index in [1.807, 2.05) is 19.9 Å². The van der Waals surface area contributed by atoms with Crippen molar-refractivity contribution in [2.45, 2.75) is 32.4 Å². The molecule has 0 aliphatic heterocycles. The highest BCUT2D eigenvalue weighted by Gasteiger charge is 2.11. The summed E-state index contributed by atoms with van der Waals surface area (Å²) in [6.07, 6.45) is 1.84. The summed E-state index contributed by atoms with van der Waals surface area (Å²) in [5.74, 6) is -0.108. The molecule has 0 saturated carbocycles. The molecule has 0 aromatic heterocycles. The quantitative estimate of drug-likeness (QED) is 0.609. The first-order valence-corrected chi connectivity index (χ1v) is 4.63. The highest BCUT2D eigenvalue weighted by Crippen LogP contribution is 1.91. The van der Waals surface area contributed by atoms with E-state index in [0.717, 1.165) is 0 Å². The Morgan fingerprint density at radius 2 is 2.29 bits per heavy atom. The van der Waals surface area contributed by atoms with Crippen molar-refractivity contribution in [1.82, 2.24) is 10.6 Å². The van der Waals surface area contributed by atoms with Crippen molar-refractivity contribution in [2.75, 3.05) is 6.54 Å². The molecule has 78 valence electrons. The van der Waals surface area contributed by atoms with E-state index in [1.54, 1.807) is 6.08 Å². The Labute approximate surface area is 85.0 Å². The molecule has 1 unspecified atom stereocenters. The Kier molecular flexibility index (Phi) is 6.42. The monoisotopic (exact) mass is 195 g/mol. The van der Waals surface area contributed by atoms with Gasteiger partial charge in [0, 0.05) is 12.6 Å². The van der Waals surface area contributed by atoms with Crippen LogP contribution in [0.1, 0.15) is 20.3 Å². The molecule has 0 bridgehead atoms. The van der Waals surface area contributed by atoms with Gasteiger partial charge in [-0.3, -0.25) is 10.1 Å². The van der Waals surface area contributed by atoms with Gasteiger partial charge < -0.3 is 5.32 Å². The van der Waals surface area contributed by atoms with E-state index >= 15 is 0 Å². The standard InChI is InChI=1S/C10H17N3O/c1-4-5-12-9(7-11)6-10(14)13-8(2)3/h4,8-9,12H,1,5-6H2,2-3H3,(H,13,14). The molecule has 0 aliphatic rings. The Bertz CT molecular complexity index is 230. The largest absolute Gasteiger partial charge is 0.354 e. The maximum absolute atomic E-state index is 11.3. The average Bonchev–Trinajstić information content (AvgIpc) is 2.10. The number of carbonyl (C=O) groups is 1. The second-order valence-corrected chi connectivity index (χ2v) is 3.30. The van der Waals surface area contributed by atoms with Gasteiger partial charge in [-0.1, -0.05) is 6.08 Å². The lowest BCUT2D eigenvalue weighted by molar-refractivity contribution is -0.121. The molecule has 0 heterocycles. The van der Waals surface area contributed by atoms with Gasteiger partial charge in [0.05, 0.1) is 12.5 Å². The minimum Gasteiger partial charge on any atom is -0.354 e. The van der Waals surface area contributed by atoms with E-state index in [-0.39, 0.29) is 18.4 Å². The summed E-state index contributed by atoms with van der Waals surface area (Å²) >= 11 is 0. The summed E-state index contributed by atoms with van der Waals surface area (Å²) in [7, 11) is 0. The number of hydrogen-bond donors (Lipinski definition) is 2. The number of hydrogen-bond acceptors (Lipinski definition) is 3.